The van der Waals surface area contributed by atoms with Crippen LogP contribution in [-0.2, 0) is 4.79 Å². The Labute approximate surface area is 111 Å². The van der Waals surface area contributed by atoms with Crippen LogP contribution < -0.4 is 10.1 Å². The van der Waals surface area contributed by atoms with Gasteiger partial charge in [0.05, 0.1) is 0 Å². The zero-order chi connectivity index (χ0) is 13.7. The quantitative estimate of drug-likeness (QED) is 0.916. The summed E-state index contributed by atoms with van der Waals surface area (Å²) in [6.07, 6.45) is 0. The normalized spacial score (nSPS) is 10.0. The molecule has 0 bridgehead atoms. The molecule has 2 rings (SSSR count). The van der Waals surface area contributed by atoms with Crippen molar-refractivity contribution in [3.63, 3.8) is 0 Å². The van der Waals surface area contributed by atoms with Crippen LogP contribution in [0.3, 0.4) is 0 Å². The van der Waals surface area contributed by atoms with E-state index in [1.54, 1.807) is 12.1 Å². The molecule has 0 aliphatic rings. The van der Waals surface area contributed by atoms with Crippen molar-refractivity contribution in [1.82, 2.24) is 0 Å². The number of anilines is 1. The molecule has 0 saturated heterocycles. The van der Waals surface area contributed by atoms with E-state index in [9.17, 15) is 9.18 Å². The number of para-hydroxylation sites is 1. The van der Waals surface area contributed by atoms with Gasteiger partial charge in [0.25, 0.3) is 5.91 Å². The summed E-state index contributed by atoms with van der Waals surface area (Å²) in [4.78, 5) is 11.6. The number of halogens is 1. The second-order valence-corrected chi connectivity index (χ2v) is 4.11. The summed E-state index contributed by atoms with van der Waals surface area (Å²) in [5, 5.41) is 2.57. The van der Waals surface area contributed by atoms with Crippen LogP contribution in [0.4, 0.5) is 10.1 Å². The third-order valence-electron chi connectivity index (χ3n) is 2.56. The highest BCUT2D eigenvalue weighted by molar-refractivity contribution is 5.91. The van der Waals surface area contributed by atoms with E-state index in [4.69, 9.17) is 4.74 Å². The smallest absolute Gasteiger partial charge is 0.262 e. The lowest BCUT2D eigenvalue weighted by Gasteiger charge is -2.09. The Morgan fingerprint density at radius 2 is 2.00 bits per heavy atom. The van der Waals surface area contributed by atoms with Gasteiger partial charge in [-0.2, -0.15) is 0 Å². The first-order chi connectivity index (χ1) is 9.15. The van der Waals surface area contributed by atoms with Crippen LogP contribution >= 0.6 is 0 Å². The summed E-state index contributed by atoms with van der Waals surface area (Å²) in [5.41, 5.74) is 1.37. The zero-order valence-electron chi connectivity index (χ0n) is 10.5. The van der Waals surface area contributed by atoms with Crippen molar-refractivity contribution in [2.75, 3.05) is 11.9 Å². The van der Waals surface area contributed by atoms with Crippen molar-refractivity contribution in [3.05, 3.63) is 59.9 Å². The third-order valence-corrected chi connectivity index (χ3v) is 2.56. The first-order valence-electron chi connectivity index (χ1n) is 5.89. The first kappa shape index (κ1) is 13.1. The van der Waals surface area contributed by atoms with Crippen LogP contribution in [0.2, 0.25) is 0 Å². The SMILES string of the molecule is Cc1ccccc1OCC(=O)Nc1cccc(F)c1. The van der Waals surface area contributed by atoms with E-state index in [-0.39, 0.29) is 12.5 Å². The number of aryl methyl sites for hydroxylation is 1. The Bertz CT molecular complexity index is 584. The number of nitrogens with one attached hydrogen (secondary N) is 1. The largest absolute Gasteiger partial charge is 0.483 e. The molecule has 1 amide bonds. The van der Waals surface area contributed by atoms with E-state index in [0.717, 1.165) is 5.56 Å². The molecule has 0 aliphatic heterocycles. The van der Waals surface area contributed by atoms with E-state index in [1.165, 1.54) is 18.2 Å². The number of hydrogen-bond donors (Lipinski definition) is 1. The second kappa shape index (κ2) is 6.00. The summed E-state index contributed by atoms with van der Waals surface area (Å²) in [7, 11) is 0. The Kier molecular flexibility index (Phi) is 4.13. The fourth-order valence-electron chi connectivity index (χ4n) is 1.62. The molecule has 0 saturated carbocycles. The molecule has 1 N–H and O–H groups in total. The van der Waals surface area contributed by atoms with Gasteiger partial charge in [0.1, 0.15) is 11.6 Å². The van der Waals surface area contributed by atoms with Crippen LogP contribution in [0.15, 0.2) is 48.5 Å². The van der Waals surface area contributed by atoms with Gasteiger partial charge < -0.3 is 10.1 Å². The molecule has 0 aliphatic carbocycles. The van der Waals surface area contributed by atoms with Gasteiger partial charge >= 0.3 is 0 Å². The number of ether oxygens (including phenoxy) is 1. The number of carbonyl (C=O) groups excluding carboxylic acids is 1. The monoisotopic (exact) mass is 259 g/mol. The molecule has 0 atom stereocenters. The standard InChI is InChI=1S/C15H14FNO2/c1-11-5-2-3-8-14(11)19-10-15(18)17-13-7-4-6-12(16)9-13/h2-9H,10H2,1H3,(H,17,18). The molecule has 0 heterocycles. The zero-order valence-corrected chi connectivity index (χ0v) is 10.5. The number of carbonyl (C=O) groups is 1. The lowest BCUT2D eigenvalue weighted by Crippen LogP contribution is -2.20. The maximum absolute atomic E-state index is 12.9. The molecule has 0 fully saturated rings. The van der Waals surface area contributed by atoms with Crippen LogP contribution in [0.1, 0.15) is 5.56 Å². The summed E-state index contributed by atoms with van der Waals surface area (Å²) >= 11 is 0. The molecule has 0 aromatic heterocycles. The summed E-state index contributed by atoms with van der Waals surface area (Å²) < 4.78 is 18.3. The van der Waals surface area contributed by atoms with E-state index in [1.807, 2.05) is 25.1 Å². The van der Waals surface area contributed by atoms with E-state index in [2.05, 4.69) is 5.32 Å². The van der Waals surface area contributed by atoms with E-state index in [0.29, 0.717) is 11.4 Å². The van der Waals surface area contributed by atoms with Gasteiger partial charge in [-0.15, -0.1) is 0 Å². The number of hydrogen-bond acceptors (Lipinski definition) is 2. The van der Waals surface area contributed by atoms with Gasteiger partial charge in [0.15, 0.2) is 6.61 Å². The van der Waals surface area contributed by atoms with Gasteiger partial charge in [-0.25, -0.2) is 4.39 Å². The van der Waals surface area contributed by atoms with Crippen LogP contribution in [0.25, 0.3) is 0 Å². The molecule has 0 spiro atoms. The predicted octanol–water partition coefficient (Wildman–Crippen LogP) is 3.15. The fraction of sp³-hybridized carbons (Fsp3) is 0.133. The van der Waals surface area contributed by atoms with Crippen molar-refractivity contribution < 1.29 is 13.9 Å². The van der Waals surface area contributed by atoms with E-state index >= 15 is 0 Å². The van der Waals surface area contributed by atoms with Gasteiger partial charge in [-0.3, -0.25) is 4.79 Å². The molecule has 2 aromatic carbocycles. The molecule has 0 radical (unpaired) electrons. The minimum Gasteiger partial charge on any atom is -0.483 e. The van der Waals surface area contributed by atoms with Gasteiger partial charge in [0.2, 0.25) is 0 Å². The predicted molar refractivity (Wildman–Crippen MR) is 71.7 cm³/mol. The second-order valence-electron chi connectivity index (χ2n) is 4.11. The average Bonchev–Trinajstić information content (AvgIpc) is 2.38. The summed E-state index contributed by atoms with van der Waals surface area (Å²) in [5.74, 6) is -0.0524. The lowest BCUT2D eigenvalue weighted by atomic mass is 10.2. The molecular weight excluding hydrogens is 245 g/mol. The minimum atomic E-state index is -0.391. The van der Waals surface area contributed by atoms with Gasteiger partial charge in [-0.1, -0.05) is 24.3 Å². The molecule has 0 unspecified atom stereocenters. The highest BCUT2D eigenvalue weighted by Gasteiger charge is 2.05. The average molecular weight is 259 g/mol. The Morgan fingerprint density at radius 3 is 2.74 bits per heavy atom. The molecular formula is C15H14FNO2. The van der Waals surface area contributed by atoms with Crippen molar-refractivity contribution in [3.8, 4) is 5.75 Å². The summed E-state index contributed by atoms with van der Waals surface area (Å²) in [6.45, 7) is 1.79. The first-order valence-corrected chi connectivity index (χ1v) is 5.89. The van der Waals surface area contributed by atoms with E-state index < -0.39 is 5.82 Å². The third kappa shape index (κ3) is 3.81. The Balaban J connectivity index is 1.90. The Morgan fingerprint density at radius 1 is 1.21 bits per heavy atom. The van der Waals surface area contributed by atoms with Crippen molar-refractivity contribution >= 4 is 11.6 Å². The van der Waals surface area contributed by atoms with Crippen molar-refractivity contribution in [2.45, 2.75) is 6.92 Å². The number of rotatable bonds is 4. The molecule has 19 heavy (non-hydrogen) atoms. The van der Waals surface area contributed by atoms with Crippen molar-refractivity contribution in [2.24, 2.45) is 0 Å². The number of amides is 1. The van der Waals surface area contributed by atoms with Crippen LogP contribution in [-0.4, -0.2) is 12.5 Å². The minimum absolute atomic E-state index is 0.110. The van der Waals surface area contributed by atoms with Crippen molar-refractivity contribution in [1.29, 1.82) is 0 Å². The summed E-state index contributed by atoms with van der Waals surface area (Å²) in [6, 6.07) is 13.2. The maximum atomic E-state index is 12.9. The molecule has 4 heteroatoms. The Hall–Kier alpha value is -2.36. The molecule has 3 nitrogen and oxygen atoms in total. The molecule has 98 valence electrons. The topological polar surface area (TPSA) is 38.3 Å². The van der Waals surface area contributed by atoms with Gasteiger partial charge in [-0.05, 0) is 36.8 Å². The highest BCUT2D eigenvalue weighted by Crippen LogP contribution is 2.16. The number of benzene rings is 2. The highest BCUT2D eigenvalue weighted by atomic mass is 19.1. The van der Waals surface area contributed by atoms with Crippen LogP contribution in [0.5, 0.6) is 5.75 Å². The maximum Gasteiger partial charge on any atom is 0.262 e. The fourth-order valence-corrected chi connectivity index (χ4v) is 1.62. The van der Waals surface area contributed by atoms with Crippen LogP contribution in [0, 0.1) is 12.7 Å². The lowest BCUT2D eigenvalue weighted by molar-refractivity contribution is -0.118. The molecule has 2 aromatic rings. The van der Waals surface area contributed by atoms with Gasteiger partial charge in [0, 0.05) is 5.69 Å².